The van der Waals surface area contributed by atoms with Crippen molar-refractivity contribution >= 4 is 5.97 Å². The number of hydrogen-bond donors (Lipinski definition) is 1. The quantitative estimate of drug-likeness (QED) is 0.560. The van der Waals surface area contributed by atoms with E-state index in [1.54, 1.807) is 0 Å². The molecule has 2 unspecified atom stereocenters. The van der Waals surface area contributed by atoms with Gasteiger partial charge in [-0.05, 0) is 25.4 Å². The second kappa shape index (κ2) is 3.72. The van der Waals surface area contributed by atoms with Gasteiger partial charge in [-0.15, -0.1) is 0 Å². The largest absolute Gasteiger partial charge is 0.469 e. The molecule has 1 aliphatic heterocycles. The molecule has 0 aromatic carbocycles. The van der Waals surface area contributed by atoms with Crippen LogP contribution >= 0.6 is 0 Å². The molecule has 3 nitrogen and oxygen atoms in total. The fraction of sp³-hybridized carbons (Fsp3) is 0.875. The van der Waals surface area contributed by atoms with Crippen LogP contribution in [0.3, 0.4) is 0 Å². The molecular formula is C8H15NO2. The van der Waals surface area contributed by atoms with Gasteiger partial charge in [0.1, 0.15) is 0 Å². The topological polar surface area (TPSA) is 38.3 Å². The molecule has 0 amide bonds. The summed E-state index contributed by atoms with van der Waals surface area (Å²) < 4.78 is 4.69. The molecule has 0 saturated carbocycles. The minimum Gasteiger partial charge on any atom is -0.469 e. The maximum absolute atomic E-state index is 11.1. The van der Waals surface area contributed by atoms with E-state index in [0.717, 1.165) is 19.5 Å². The van der Waals surface area contributed by atoms with Crippen molar-refractivity contribution in [2.75, 3.05) is 20.2 Å². The molecule has 1 fully saturated rings. The standard InChI is InChI=1S/C8H15NO2/c1-6-5-9-4-3-7(6)8(10)11-2/h6-7,9H,3-5H2,1-2H3. The number of esters is 1. The summed E-state index contributed by atoms with van der Waals surface area (Å²) in [5.41, 5.74) is 0. The molecular weight excluding hydrogens is 142 g/mol. The Labute approximate surface area is 67.1 Å². The zero-order valence-electron chi connectivity index (χ0n) is 7.09. The van der Waals surface area contributed by atoms with Crippen molar-refractivity contribution in [3.05, 3.63) is 0 Å². The molecule has 1 rings (SSSR count). The lowest BCUT2D eigenvalue weighted by atomic mass is 9.88. The molecule has 2 atom stereocenters. The number of rotatable bonds is 1. The van der Waals surface area contributed by atoms with Crippen LogP contribution in [0.1, 0.15) is 13.3 Å². The summed E-state index contributed by atoms with van der Waals surface area (Å²) in [6.45, 7) is 3.94. The Bertz CT molecular complexity index is 147. The van der Waals surface area contributed by atoms with Crippen LogP contribution in [-0.4, -0.2) is 26.2 Å². The summed E-state index contributed by atoms with van der Waals surface area (Å²) >= 11 is 0. The molecule has 0 aromatic heterocycles. The Morgan fingerprint density at radius 3 is 2.91 bits per heavy atom. The van der Waals surface area contributed by atoms with Gasteiger partial charge in [0.05, 0.1) is 13.0 Å². The smallest absolute Gasteiger partial charge is 0.309 e. The number of methoxy groups -OCH3 is 1. The molecule has 1 heterocycles. The fourth-order valence-corrected chi connectivity index (χ4v) is 1.52. The normalized spacial score (nSPS) is 31.5. The highest BCUT2D eigenvalue weighted by molar-refractivity contribution is 5.72. The molecule has 3 heteroatoms. The average Bonchev–Trinajstić information content (AvgIpc) is 2.04. The van der Waals surface area contributed by atoms with Crippen molar-refractivity contribution in [3.63, 3.8) is 0 Å². The molecule has 11 heavy (non-hydrogen) atoms. The van der Waals surface area contributed by atoms with Crippen LogP contribution in [0.15, 0.2) is 0 Å². The predicted molar refractivity (Wildman–Crippen MR) is 42.2 cm³/mol. The van der Waals surface area contributed by atoms with Crippen LogP contribution in [0, 0.1) is 11.8 Å². The lowest BCUT2D eigenvalue weighted by Crippen LogP contribution is -2.39. The number of ether oxygens (including phenoxy) is 1. The Morgan fingerprint density at radius 2 is 2.36 bits per heavy atom. The highest BCUT2D eigenvalue weighted by atomic mass is 16.5. The molecule has 64 valence electrons. The van der Waals surface area contributed by atoms with Gasteiger partial charge in [-0.2, -0.15) is 0 Å². The Kier molecular flexibility index (Phi) is 2.88. The molecule has 1 N–H and O–H groups in total. The number of nitrogens with one attached hydrogen (secondary N) is 1. The maximum Gasteiger partial charge on any atom is 0.309 e. The predicted octanol–water partition coefficient (Wildman–Crippen LogP) is 0.405. The maximum atomic E-state index is 11.1. The molecule has 0 radical (unpaired) electrons. The first kappa shape index (κ1) is 8.53. The van der Waals surface area contributed by atoms with Gasteiger partial charge in [0.15, 0.2) is 0 Å². The summed E-state index contributed by atoms with van der Waals surface area (Å²) in [7, 11) is 1.46. The third-order valence-electron chi connectivity index (χ3n) is 2.29. The zero-order chi connectivity index (χ0) is 8.27. The molecule has 1 aliphatic rings. The van der Waals surface area contributed by atoms with E-state index < -0.39 is 0 Å². The first-order valence-electron chi connectivity index (χ1n) is 4.04. The van der Waals surface area contributed by atoms with Crippen LogP contribution in [0.25, 0.3) is 0 Å². The van der Waals surface area contributed by atoms with Gasteiger partial charge in [0, 0.05) is 0 Å². The Morgan fingerprint density at radius 1 is 1.64 bits per heavy atom. The first-order chi connectivity index (χ1) is 5.25. The van der Waals surface area contributed by atoms with E-state index in [1.165, 1.54) is 7.11 Å². The van der Waals surface area contributed by atoms with E-state index in [-0.39, 0.29) is 11.9 Å². The van der Waals surface area contributed by atoms with E-state index in [1.807, 2.05) is 0 Å². The summed E-state index contributed by atoms with van der Waals surface area (Å²) in [4.78, 5) is 11.1. The van der Waals surface area contributed by atoms with Crippen molar-refractivity contribution in [1.82, 2.24) is 5.32 Å². The first-order valence-corrected chi connectivity index (χ1v) is 4.04. The summed E-state index contributed by atoms with van der Waals surface area (Å²) in [6.07, 6.45) is 0.911. The summed E-state index contributed by atoms with van der Waals surface area (Å²) in [5, 5.41) is 3.24. The van der Waals surface area contributed by atoms with Crippen molar-refractivity contribution in [3.8, 4) is 0 Å². The van der Waals surface area contributed by atoms with E-state index in [9.17, 15) is 4.79 Å². The van der Waals surface area contributed by atoms with Crippen LogP contribution < -0.4 is 5.32 Å². The van der Waals surface area contributed by atoms with Crippen LogP contribution in [0.5, 0.6) is 0 Å². The highest BCUT2D eigenvalue weighted by Gasteiger charge is 2.27. The van der Waals surface area contributed by atoms with Gasteiger partial charge in [-0.3, -0.25) is 4.79 Å². The SMILES string of the molecule is COC(=O)C1CCNCC1C. The Hall–Kier alpha value is -0.570. The van der Waals surface area contributed by atoms with Crippen LogP contribution in [0.4, 0.5) is 0 Å². The van der Waals surface area contributed by atoms with E-state index in [2.05, 4.69) is 12.2 Å². The third-order valence-corrected chi connectivity index (χ3v) is 2.29. The Balaban J connectivity index is 2.47. The number of carbonyl (C=O) groups is 1. The van der Waals surface area contributed by atoms with E-state index >= 15 is 0 Å². The van der Waals surface area contributed by atoms with Gasteiger partial charge in [0.2, 0.25) is 0 Å². The fourth-order valence-electron chi connectivity index (χ4n) is 1.52. The summed E-state index contributed by atoms with van der Waals surface area (Å²) in [6, 6.07) is 0. The second-order valence-electron chi connectivity index (χ2n) is 3.10. The van der Waals surface area contributed by atoms with E-state index in [0.29, 0.717) is 5.92 Å². The van der Waals surface area contributed by atoms with E-state index in [4.69, 9.17) is 4.74 Å². The van der Waals surface area contributed by atoms with Crippen molar-refractivity contribution < 1.29 is 9.53 Å². The molecule has 0 spiro atoms. The van der Waals surface area contributed by atoms with Crippen LogP contribution in [-0.2, 0) is 9.53 Å². The number of hydrogen-bond acceptors (Lipinski definition) is 3. The van der Waals surface area contributed by atoms with Gasteiger partial charge in [0.25, 0.3) is 0 Å². The highest BCUT2D eigenvalue weighted by Crippen LogP contribution is 2.19. The number of carbonyl (C=O) groups excluding carboxylic acids is 1. The lowest BCUT2D eigenvalue weighted by molar-refractivity contribution is -0.148. The molecule has 0 aliphatic carbocycles. The van der Waals surface area contributed by atoms with Crippen LogP contribution in [0.2, 0.25) is 0 Å². The van der Waals surface area contributed by atoms with Crippen molar-refractivity contribution in [2.45, 2.75) is 13.3 Å². The second-order valence-corrected chi connectivity index (χ2v) is 3.10. The third kappa shape index (κ3) is 1.93. The minimum atomic E-state index is -0.0565. The number of piperidine rings is 1. The van der Waals surface area contributed by atoms with Gasteiger partial charge >= 0.3 is 5.97 Å². The van der Waals surface area contributed by atoms with Crippen molar-refractivity contribution in [1.29, 1.82) is 0 Å². The average molecular weight is 157 g/mol. The van der Waals surface area contributed by atoms with Crippen molar-refractivity contribution in [2.24, 2.45) is 11.8 Å². The molecule has 1 saturated heterocycles. The van der Waals surface area contributed by atoms with Gasteiger partial charge in [-0.1, -0.05) is 6.92 Å². The summed E-state index contributed by atoms with van der Waals surface area (Å²) in [5.74, 6) is 0.469. The molecule has 0 bridgehead atoms. The lowest BCUT2D eigenvalue weighted by Gasteiger charge is -2.26. The minimum absolute atomic E-state index is 0.0565. The van der Waals surface area contributed by atoms with Gasteiger partial charge < -0.3 is 10.1 Å². The zero-order valence-corrected chi connectivity index (χ0v) is 7.09. The van der Waals surface area contributed by atoms with Gasteiger partial charge in [-0.25, -0.2) is 0 Å². The molecule has 0 aromatic rings. The monoisotopic (exact) mass is 157 g/mol.